The fourth-order valence-corrected chi connectivity index (χ4v) is 2.82. The Labute approximate surface area is 104 Å². The largest absolute Gasteiger partial charge is 0.366 e. The minimum absolute atomic E-state index is 0.168. The number of piperidine rings is 1. The lowest BCUT2D eigenvalue weighted by Gasteiger charge is -2.16. The van der Waals surface area contributed by atoms with Crippen LogP contribution in [-0.2, 0) is 0 Å². The van der Waals surface area contributed by atoms with E-state index in [1.54, 1.807) is 0 Å². The van der Waals surface area contributed by atoms with E-state index < -0.39 is 5.91 Å². The van der Waals surface area contributed by atoms with E-state index in [1.807, 2.05) is 0 Å². The molecule has 2 unspecified atom stereocenters. The first kappa shape index (κ1) is 11.3. The Hall–Kier alpha value is -1.82. The van der Waals surface area contributed by atoms with E-state index in [4.69, 9.17) is 5.73 Å². The van der Waals surface area contributed by atoms with E-state index in [2.05, 4.69) is 17.4 Å². The minimum atomic E-state index is -0.527. The number of likely N-dealkylation sites (tertiary alicyclic amines) is 1. The van der Waals surface area contributed by atoms with Crippen LogP contribution in [0.15, 0.2) is 23.1 Å². The summed E-state index contributed by atoms with van der Waals surface area (Å²) in [5.41, 5.74) is 8.54. The Kier molecular flexibility index (Phi) is 2.41. The van der Waals surface area contributed by atoms with Gasteiger partial charge in [0.25, 0.3) is 5.56 Å². The van der Waals surface area contributed by atoms with Gasteiger partial charge in [-0.05, 0) is 24.9 Å². The van der Waals surface area contributed by atoms with Crippen molar-refractivity contribution in [3.05, 3.63) is 34.2 Å². The molecule has 0 radical (unpaired) electrons. The maximum atomic E-state index is 11.7. The molecule has 1 saturated carbocycles. The zero-order valence-corrected chi connectivity index (χ0v) is 10.2. The summed E-state index contributed by atoms with van der Waals surface area (Å²) in [6.07, 6.45) is 1.47. The Balaban J connectivity index is 1.76. The molecule has 96 valence electrons. The molecule has 1 aromatic rings. The standard InChI is InChI=1S/C12H16N4O2/c1-15-5-8-9(6-15)11(8)14-16-4-7(12(13)18)2-3-10(16)17/h2-4,8-9,11,14H,5-6H2,1H3,(H2,13,18). The van der Waals surface area contributed by atoms with Crippen molar-refractivity contribution >= 4 is 5.91 Å². The van der Waals surface area contributed by atoms with Crippen molar-refractivity contribution in [2.45, 2.75) is 6.04 Å². The predicted octanol–water partition coefficient (Wildman–Crippen LogP) is -0.949. The predicted molar refractivity (Wildman–Crippen MR) is 66.8 cm³/mol. The molecule has 0 bridgehead atoms. The van der Waals surface area contributed by atoms with Gasteiger partial charge in [-0.25, -0.2) is 4.68 Å². The van der Waals surface area contributed by atoms with Crippen LogP contribution < -0.4 is 16.7 Å². The summed E-state index contributed by atoms with van der Waals surface area (Å²) in [7, 11) is 2.10. The van der Waals surface area contributed by atoms with Gasteiger partial charge in [0.1, 0.15) is 0 Å². The molecule has 2 fully saturated rings. The lowest BCUT2D eigenvalue weighted by Crippen LogP contribution is -2.34. The van der Waals surface area contributed by atoms with Gasteiger partial charge in [-0.15, -0.1) is 0 Å². The van der Waals surface area contributed by atoms with Crippen LogP contribution in [-0.4, -0.2) is 41.7 Å². The highest BCUT2D eigenvalue weighted by Crippen LogP contribution is 2.45. The number of nitrogens with one attached hydrogen (secondary N) is 1. The third kappa shape index (κ3) is 1.78. The normalized spacial score (nSPS) is 29.9. The number of fused-ring (bicyclic) bond motifs is 1. The van der Waals surface area contributed by atoms with Crippen LogP contribution in [0, 0.1) is 11.8 Å². The highest BCUT2D eigenvalue weighted by Gasteiger charge is 2.55. The summed E-state index contributed by atoms with van der Waals surface area (Å²) in [6, 6.07) is 3.14. The van der Waals surface area contributed by atoms with Gasteiger partial charge in [-0.2, -0.15) is 0 Å². The third-order valence-electron chi connectivity index (χ3n) is 3.86. The first-order chi connectivity index (χ1) is 8.56. The van der Waals surface area contributed by atoms with Crippen molar-refractivity contribution in [1.29, 1.82) is 0 Å². The molecule has 1 amide bonds. The van der Waals surface area contributed by atoms with Crippen LogP contribution in [0.5, 0.6) is 0 Å². The van der Waals surface area contributed by atoms with E-state index in [9.17, 15) is 9.59 Å². The lowest BCUT2D eigenvalue weighted by molar-refractivity contribution is 0.0999. The van der Waals surface area contributed by atoms with E-state index in [0.717, 1.165) is 13.1 Å². The zero-order chi connectivity index (χ0) is 12.9. The van der Waals surface area contributed by atoms with Crippen LogP contribution in [0.4, 0.5) is 0 Å². The number of nitrogens with zero attached hydrogens (tertiary/aromatic N) is 2. The Morgan fingerprint density at radius 1 is 1.39 bits per heavy atom. The molecule has 0 aromatic carbocycles. The smallest absolute Gasteiger partial charge is 0.268 e. The minimum Gasteiger partial charge on any atom is -0.366 e. The van der Waals surface area contributed by atoms with Gasteiger partial charge in [-0.3, -0.25) is 9.59 Å². The molecule has 6 nitrogen and oxygen atoms in total. The molecule has 3 rings (SSSR count). The number of pyridine rings is 1. The van der Waals surface area contributed by atoms with Crippen LogP contribution in [0.3, 0.4) is 0 Å². The molecule has 1 aliphatic carbocycles. The molecule has 6 heteroatoms. The second kappa shape index (κ2) is 3.84. The summed E-state index contributed by atoms with van der Waals surface area (Å²) < 4.78 is 1.38. The second-order valence-corrected chi connectivity index (χ2v) is 5.19. The molecule has 2 atom stereocenters. The van der Waals surface area contributed by atoms with Crippen LogP contribution in [0.25, 0.3) is 0 Å². The highest BCUT2D eigenvalue weighted by atomic mass is 16.1. The van der Waals surface area contributed by atoms with E-state index in [-0.39, 0.29) is 5.56 Å². The SMILES string of the molecule is CN1CC2C(C1)C2Nn1cc(C(N)=O)ccc1=O. The topological polar surface area (TPSA) is 80.4 Å². The summed E-state index contributed by atoms with van der Waals surface area (Å²) in [6.45, 7) is 2.12. The number of hydrogen-bond acceptors (Lipinski definition) is 4. The molecule has 0 spiro atoms. The quantitative estimate of drug-likeness (QED) is 0.723. The van der Waals surface area contributed by atoms with Gasteiger partial charge >= 0.3 is 0 Å². The summed E-state index contributed by atoms with van der Waals surface area (Å²) in [4.78, 5) is 25.0. The van der Waals surface area contributed by atoms with Crippen LogP contribution in [0.2, 0.25) is 0 Å². The Morgan fingerprint density at radius 3 is 2.67 bits per heavy atom. The molecular weight excluding hydrogens is 232 g/mol. The zero-order valence-electron chi connectivity index (χ0n) is 10.2. The first-order valence-electron chi connectivity index (χ1n) is 6.04. The van der Waals surface area contributed by atoms with Crippen LogP contribution in [0.1, 0.15) is 10.4 Å². The molecule has 2 aliphatic rings. The number of nitrogens with two attached hydrogens (primary N) is 1. The average Bonchev–Trinajstić information content (AvgIpc) is 2.78. The molecular formula is C12H16N4O2. The number of carbonyl (C=O) groups is 1. The maximum Gasteiger partial charge on any atom is 0.268 e. The van der Waals surface area contributed by atoms with Crippen LogP contribution >= 0.6 is 0 Å². The van der Waals surface area contributed by atoms with Gasteiger partial charge in [-0.1, -0.05) is 0 Å². The number of hydrogen-bond donors (Lipinski definition) is 2. The molecule has 1 saturated heterocycles. The molecule has 2 heterocycles. The van der Waals surface area contributed by atoms with Gasteiger partial charge < -0.3 is 16.1 Å². The third-order valence-corrected chi connectivity index (χ3v) is 3.86. The van der Waals surface area contributed by atoms with Crippen molar-refractivity contribution in [3.8, 4) is 0 Å². The number of amides is 1. The average molecular weight is 248 g/mol. The second-order valence-electron chi connectivity index (χ2n) is 5.19. The fourth-order valence-electron chi connectivity index (χ4n) is 2.82. The van der Waals surface area contributed by atoms with Crippen molar-refractivity contribution in [2.75, 3.05) is 25.6 Å². The lowest BCUT2D eigenvalue weighted by atomic mass is 10.3. The van der Waals surface area contributed by atoms with Gasteiger partial charge in [0.05, 0.1) is 11.6 Å². The van der Waals surface area contributed by atoms with Gasteiger partial charge in [0, 0.05) is 25.4 Å². The first-order valence-corrected chi connectivity index (χ1v) is 6.04. The van der Waals surface area contributed by atoms with Gasteiger partial charge in [0.15, 0.2) is 0 Å². The molecule has 1 aliphatic heterocycles. The molecule has 1 aromatic heterocycles. The van der Waals surface area contributed by atoms with Crippen molar-refractivity contribution in [3.63, 3.8) is 0 Å². The number of aromatic nitrogens is 1. The molecule has 18 heavy (non-hydrogen) atoms. The fraction of sp³-hybridized carbons (Fsp3) is 0.500. The van der Waals surface area contributed by atoms with E-state index in [0.29, 0.717) is 23.4 Å². The van der Waals surface area contributed by atoms with Crippen molar-refractivity contribution < 1.29 is 4.79 Å². The van der Waals surface area contributed by atoms with Crippen molar-refractivity contribution in [2.24, 2.45) is 17.6 Å². The monoisotopic (exact) mass is 248 g/mol. The summed E-state index contributed by atoms with van der Waals surface area (Å²) >= 11 is 0. The number of primary amides is 1. The summed E-state index contributed by atoms with van der Waals surface area (Å²) in [5, 5.41) is 0. The maximum absolute atomic E-state index is 11.7. The Morgan fingerprint density at radius 2 is 2.06 bits per heavy atom. The highest BCUT2D eigenvalue weighted by molar-refractivity contribution is 5.92. The number of carbonyl (C=O) groups excluding carboxylic acids is 1. The van der Waals surface area contributed by atoms with E-state index >= 15 is 0 Å². The number of rotatable bonds is 3. The van der Waals surface area contributed by atoms with Gasteiger partial charge in [0.2, 0.25) is 5.91 Å². The van der Waals surface area contributed by atoms with E-state index in [1.165, 1.54) is 23.0 Å². The summed E-state index contributed by atoms with van der Waals surface area (Å²) in [5.74, 6) is 0.694. The molecule has 3 N–H and O–H groups in total. The van der Waals surface area contributed by atoms with Crippen molar-refractivity contribution in [1.82, 2.24) is 9.58 Å². The Bertz CT molecular complexity index is 541.